The van der Waals surface area contributed by atoms with E-state index in [1.165, 1.54) is 24.0 Å². The lowest BCUT2D eigenvalue weighted by atomic mass is 9.90. The molecular weight excluding hydrogens is 476 g/mol. The van der Waals surface area contributed by atoms with Crippen molar-refractivity contribution in [1.82, 2.24) is 20.4 Å². The van der Waals surface area contributed by atoms with Crippen LogP contribution in [0.2, 0.25) is 0 Å². The minimum Gasteiger partial charge on any atom is -0.494 e. The highest BCUT2D eigenvalue weighted by molar-refractivity contribution is 5.79. The summed E-state index contributed by atoms with van der Waals surface area (Å²) in [4.78, 5) is 17.4. The average molecular weight is 527 g/mol. The van der Waals surface area contributed by atoms with Gasteiger partial charge < -0.3 is 20.1 Å². The lowest BCUT2D eigenvalue weighted by Crippen LogP contribution is -2.58. The number of ether oxygens (including phenoxy) is 1. The van der Waals surface area contributed by atoms with Crippen LogP contribution in [0.1, 0.15) is 72.1 Å². The van der Waals surface area contributed by atoms with E-state index >= 15 is 0 Å². The highest BCUT2D eigenvalue weighted by Gasteiger charge is 2.27. The van der Waals surface area contributed by atoms with Gasteiger partial charge in [0.25, 0.3) is 0 Å². The summed E-state index contributed by atoms with van der Waals surface area (Å²) in [6, 6.07) is 0. The first-order chi connectivity index (χ1) is 18.5. The van der Waals surface area contributed by atoms with Gasteiger partial charge in [-0.25, -0.2) is 0 Å². The van der Waals surface area contributed by atoms with Gasteiger partial charge in [-0.05, 0) is 88.1 Å². The van der Waals surface area contributed by atoms with Crippen molar-refractivity contribution >= 4 is 5.91 Å². The van der Waals surface area contributed by atoms with Gasteiger partial charge in [-0.2, -0.15) is 0 Å². The Balaban J connectivity index is 1.15. The van der Waals surface area contributed by atoms with Crippen molar-refractivity contribution in [3.63, 3.8) is 0 Å². The number of likely N-dealkylation sites (tertiary alicyclic amines) is 2. The molecule has 0 aromatic rings. The highest BCUT2D eigenvalue weighted by atomic mass is 16.5. The summed E-state index contributed by atoms with van der Waals surface area (Å²) in [7, 11) is 0. The van der Waals surface area contributed by atoms with Crippen molar-refractivity contribution in [2.24, 2.45) is 17.8 Å². The third kappa shape index (κ3) is 7.96. The first kappa shape index (κ1) is 28.9. The molecule has 3 aliphatic heterocycles. The molecule has 0 saturated carbocycles. The molecule has 4 rings (SSSR count). The Morgan fingerprint density at radius 2 is 1.95 bits per heavy atom. The molecule has 0 radical (unpaired) electrons. The maximum atomic E-state index is 13.0. The molecule has 7 heteroatoms. The Labute approximate surface area is 230 Å². The number of allylic oxidation sites excluding steroid dienone is 5. The van der Waals surface area contributed by atoms with Gasteiger partial charge in [0.2, 0.25) is 5.91 Å². The number of carbonyl (C=O) groups is 1. The van der Waals surface area contributed by atoms with Crippen LogP contribution < -0.4 is 10.6 Å². The first-order valence-corrected chi connectivity index (χ1v) is 15.0. The Kier molecular flexibility index (Phi) is 10.9. The third-order valence-electron chi connectivity index (χ3n) is 8.92. The van der Waals surface area contributed by atoms with E-state index in [1.54, 1.807) is 0 Å². The summed E-state index contributed by atoms with van der Waals surface area (Å²) in [6.07, 6.45) is 18.5. The number of rotatable bonds is 10. The van der Waals surface area contributed by atoms with Crippen LogP contribution in [0, 0.1) is 17.8 Å². The third-order valence-corrected chi connectivity index (χ3v) is 8.92. The predicted molar refractivity (Wildman–Crippen MR) is 153 cm³/mol. The Hall–Kier alpha value is -2.09. The van der Waals surface area contributed by atoms with Crippen LogP contribution in [-0.4, -0.2) is 72.5 Å². The molecule has 2 saturated heterocycles. The Morgan fingerprint density at radius 3 is 2.55 bits per heavy atom. The minimum atomic E-state index is -0.247. The molecule has 3 N–H and O–H groups in total. The quantitative estimate of drug-likeness (QED) is 0.369. The SMILES string of the molecule is CCC1=CNC(N2CCC(COC3=CCC(/C(C)=C/CC(CC)C(=O)N4CCC(O)CC4)C=C3)CC2)NC1. The molecule has 7 nitrogen and oxygen atoms in total. The number of piperidine rings is 2. The second-order valence-corrected chi connectivity index (χ2v) is 11.5. The summed E-state index contributed by atoms with van der Waals surface area (Å²) in [5, 5.41) is 16.9. The molecule has 3 unspecified atom stereocenters. The monoisotopic (exact) mass is 526 g/mol. The van der Waals surface area contributed by atoms with Gasteiger partial charge in [-0.3, -0.25) is 15.0 Å². The Bertz CT molecular complexity index is 895. The molecule has 0 bridgehead atoms. The molecule has 0 aromatic heterocycles. The van der Waals surface area contributed by atoms with Gasteiger partial charge in [0.1, 0.15) is 12.0 Å². The fraction of sp³-hybridized carbons (Fsp3) is 0.710. The van der Waals surface area contributed by atoms with E-state index in [-0.39, 0.29) is 24.2 Å². The molecular formula is C31H50N4O3. The molecule has 3 atom stereocenters. The molecule has 38 heavy (non-hydrogen) atoms. The van der Waals surface area contributed by atoms with Crippen molar-refractivity contribution in [3.8, 4) is 0 Å². The predicted octanol–water partition coefficient (Wildman–Crippen LogP) is 4.29. The van der Waals surface area contributed by atoms with Gasteiger partial charge in [0.15, 0.2) is 0 Å². The summed E-state index contributed by atoms with van der Waals surface area (Å²) in [5.41, 5.74) is 2.76. The van der Waals surface area contributed by atoms with Crippen LogP contribution in [0.15, 0.2) is 47.4 Å². The van der Waals surface area contributed by atoms with Crippen molar-refractivity contribution in [1.29, 1.82) is 0 Å². The lowest BCUT2D eigenvalue weighted by molar-refractivity contribution is -0.137. The molecule has 1 aliphatic carbocycles. The molecule has 3 heterocycles. The van der Waals surface area contributed by atoms with E-state index in [0.717, 1.165) is 57.7 Å². The average Bonchev–Trinajstić information content (AvgIpc) is 2.97. The van der Waals surface area contributed by atoms with Crippen LogP contribution in [0.3, 0.4) is 0 Å². The number of hydrogen-bond donors (Lipinski definition) is 3. The maximum absolute atomic E-state index is 13.0. The topological polar surface area (TPSA) is 77.1 Å². The number of amides is 1. The normalized spacial score (nSPS) is 26.9. The van der Waals surface area contributed by atoms with Gasteiger partial charge >= 0.3 is 0 Å². The van der Waals surface area contributed by atoms with E-state index in [2.05, 4.69) is 66.8 Å². The largest absolute Gasteiger partial charge is 0.494 e. The van der Waals surface area contributed by atoms with Crippen molar-refractivity contribution in [3.05, 3.63) is 47.4 Å². The fourth-order valence-corrected chi connectivity index (χ4v) is 5.90. The van der Waals surface area contributed by atoms with E-state index < -0.39 is 0 Å². The van der Waals surface area contributed by atoms with E-state index in [1.807, 2.05) is 4.90 Å². The van der Waals surface area contributed by atoms with Crippen LogP contribution in [-0.2, 0) is 9.53 Å². The summed E-state index contributed by atoms with van der Waals surface area (Å²) >= 11 is 0. The number of aliphatic hydroxyl groups is 1. The van der Waals surface area contributed by atoms with Gasteiger partial charge in [-0.1, -0.05) is 31.6 Å². The highest BCUT2D eigenvalue weighted by Crippen LogP contribution is 2.27. The van der Waals surface area contributed by atoms with Gasteiger partial charge in [-0.15, -0.1) is 0 Å². The van der Waals surface area contributed by atoms with Gasteiger partial charge in [0.05, 0.1) is 12.7 Å². The fourth-order valence-electron chi connectivity index (χ4n) is 5.90. The van der Waals surface area contributed by atoms with Crippen molar-refractivity contribution in [2.75, 3.05) is 39.3 Å². The minimum absolute atomic E-state index is 0.0311. The zero-order valence-corrected chi connectivity index (χ0v) is 23.8. The van der Waals surface area contributed by atoms with Crippen molar-refractivity contribution < 1.29 is 14.6 Å². The van der Waals surface area contributed by atoms with Crippen LogP contribution in [0.5, 0.6) is 0 Å². The number of nitrogens with zero attached hydrogens (tertiary/aromatic N) is 2. The van der Waals surface area contributed by atoms with Crippen molar-refractivity contribution in [2.45, 2.75) is 84.5 Å². The first-order valence-electron chi connectivity index (χ1n) is 15.0. The summed E-state index contributed by atoms with van der Waals surface area (Å²) < 4.78 is 6.21. The molecule has 2 fully saturated rings. The molecule has 4 aliphatic rings. The maximum Gasteiger partial charge on any atom is 0.225 e. The Morgan fingerprint density at radius 1 is 1.18 bits per heavy atom. The standard InChI is InChI=1S/C31H50N4O3/c1-4-24-20-32-31(33-21-24)35-16-12-25(13-17-35)22-38-29-10-8-27(9-11-29)23(3)6-7-26(5-2)30(37)34-18-14-28(36)15-19-34/h6,8,10-11,20,25-28,31-33,36H,4-5,7,9,12-19,21-22H2,1-3H3/b23-6+. The molecule has 212 valence electrons. The number of nitrogens with one attached hydrogen (secondary N) is 2. The number of hydrogen-bond acceptors (Lipinski definition) is 6. The summed E-state index contributed by atoms with van der Waals surface area (Å²) in [5.74, 6) is 2.26. The number of aliphatic hydroxyl groups excluding tert-OH is 1. The van der Waals surface area contributed by atoms with Crippen LogP contribution in [0.25, 0.3) is 0 Å². The second-order valence-electron chi connectivity index (χ2n) is 11.5. The zero-order chi connectivity index (χ0) is 26.9. The van der Waals surface area contributed by atoms with Crippen LogP contribution in [0.4, 0.5) is 0 Å². The zero-order valence-electron chi connectivity index (χ0n) is 23.8. The number of carbonyl (C=O) groups excluding carboxylic acids is 1. The smallest absolute Gasteiger partial charge is 0.225 e. The molecule has 0 spiro atoms. The second kappa shape index (κ2) is 14.3. The van der Waals surface area contributed by atoms with Crippen LogP contribution >= 0.6 is 0 Å². The van der Waals surface area contributed by atoms with E-state index in [9.17, 15) is 9.90 Å². The summed E-state index contributed by atoms with van der Waals surface area (Å²) in [6.45, 7) is 11.8. The van der Waals surface area contributed by atoms with E-state index in [4.69, 9.17) is 4.74 Å². The van der Waals surface area contributed by atoms with Gasteiger partial charge in [0, 0.05) is 44.6 Å². The molecule has 1 amide bonds. The van der Waals surface area contributed by atoms with E-state index in [0.29, 0.717) is 37.8 Å². The lowest BCUT2D eigenvalue weighted by Gasteiger charge is -2.39. The molecule has 0 aromatic carbocycles.